The highest BCUT2D eigenvalue weighted by molar-refractivity contribution is 5.87. The molecule has 15 heavy (non-hydrogen) atoms. The van der Waals surface area contributed by atoms with Gasteiger partial charge in [-0.1, -0.05) is 12.1 Å². The number of pyridine rings is 1. The van der Waals surface area contributed by atoms with Crippen molar-refractivity contribution in [2.45, 2.75) is 6.18 Å². The normalized spacial score (nSPS) is 11.9. The Morgan fingerprint density at radius 3 is 2.60 bits per heavy atom. The van der Waals surface area contributed by atoms with E-state index in [2.05, 4.69) is 4.98 Å². The van der Waals surface area contributed by atoms with E-state index in [4.69, 9.17) is 5.73 Å². The van der Waals surface area contributed by atoms with E-state index < -0.39 is 11.7 Å². The minimum atomic E-state index is -4.37. The number of benzene rings is 1. The Morgan fingerprint density at radius 2 is 1.93 bits per heavy atom. The van der Waals surface area contributed by atoms with Gasteiger partial charge in [0.25, 0.3) is 0 Å². The largest absolute Gasteiger partial charge is 0.417 e. The molecule has 0 radical (unpaired) electrons. The number of alkyl halides is 3. The number of hydrogen-bond acceptors (Lipinski definition) is 2. The smallest absolute Gasteiger partial charge is 0.384 e. The summed E-state index contributed by atoms with van der Waals surface area (Å²) in [5.74, 6) is 0.0826. The highest BCUT2D eigenvalue weighted by atomic mass is 19.4. The fraction of sp³-hybridized carbons (Fsp3) is 0.100. The third-order valence-electron chi connectivity index (χ3n) is 2.09. The van der Waals surface area contributed by atoms with Gasteiger partial charge in [0.2, 0.25) is 0 Å². The second kappa shape index (κ2) is 3.12. The van der Waals surface area contributed by atoms with Gasteiger partial charge in [0.05, 0.1) is 5.56 Å². The third kappa shape index (κ3) is 1.72. The van der Waals surface area contributed by atoms with Gasteiger partial charge < -0.3 is 5.73 Å². The molecule has 0 spiro atoms. The molecule has 0 bridgehead atoms. The van der Waals surface area contributed by atoms with Crippen LogP contribution >= 0.6 is 0 Å². The molecule has 2 aromatic rings. The van der Waals surface area contributed by atoms with Gasteiger partial charge in [0, 0.05) is 11.6 Å². The summed E-state index contributed by atoms with van der Waals surface area (Å²) in [5, 5.41) is 0.511. The maximum atomic E-state index is 12.6. The molecule has 1 aromatic carbocycles. The number of halogens is 3. The number of nitrogen functional groups attached to an aromatic ring is 1. The molecule has 0 aliphatic carbocycles. The number of aromatic nitrogens is 1. The van der Waals surface area contributed by atoms with Crippen molar-refractivity contribution in [3.05, 3.63) is 36.0 Å². The lowest BCUT2D eigenvalue weighted by molar-refractivity contribution is -0.136. The first kappa shape index (κ1) is 9.76. The van der Waals surface area contributed by atoms with Crippen molar-refractivity contribution in [3.63, 3.8) is 0 Å². The van der Waals surface area contributed by atoms with E-state index in [0.29, 0.717) is 5.39 Å². The first-order valence-electron chi connectivity index (χ1n) is 4.20. The van der Waals surface area contributed by atoms with E-state index in [1.54, 1.807) is 6.07 Å². The van der Waals surface area contributed by atoms with Crippen molar-refractivity contribution in [1.82, 2.24) is 4.98 Å². The summed E-state index contributed by atoms with van der Waals surface area (Å²) >= 11 is 0. The number of anilines is 1. The SMILES string of the molecule is Nc1cc2c(C(F)(F)F)cccc2cn1. The average Bonchev–Trinajstić information content (AvgIpc) is 2.15. The number of nitrogens with zero attached hydrogens (tertiary/aromatic N) is 1. The van der Waals surface area contributed by atoms with Crippen LogP contribution in [0.5, 0.6) is 0 Å². The molecule has 0 aliphatic rings. The van der Waals surface area contributed by atoms with E-state index in [1.807, 2.05) is 0 Å². The number of rotatable bonds is 0. The molecule has 0 saturated carbocycles. The minimum Gasteiger partial charge on any atom is -0.384 e. The molecule has 1 heterocycles. The summed E-state index contributed by atoms with van der Waals surface area (Å²) in [4.78, 5) is 3.74. The van der Waals surface area contributed by atoms with Crippen molar-refractivity contribution in [2.24, 2.45) is 0 Å². The molecule has 2 nitrogen and oxygen atoms in total. The third-order valence-corrected chi connectivity index (χ3v) is 2.09. The molecule has 0 aliphatic heterocycles. The van der Waals surface area contributed by atoms with E-state index in [0.717, 1.165) is 6.07 Å². The lowest BCUT2D eigenvalue weighted by Crippen LogP contribution is -2.05. The van der Waals surface area contributed by atoms with Crippen molar-refractivity contribution < 1.29 is 13.2 Å². The van der Waals surface area contributed by atoms with Gasteiger partial charge in [-0.2, -0.15) is 13.2 Å². The highest BCUT2D eigenvalue weighted by Crippen LogP contribution is 2.34. The molecule has 0 atom stereocenters. The molecule has 2 rings (SSSR count). The van der Waals surface area contributed by atoms with Crippen molar-refractivity contribution >= 4 is 16.6 Å². The van der Waals surface area contributed by atoms with Crippen LogP contribution in [0.4, 0.5) is 19.0 Å². The van der Waals surface area contributed by atoms with Crippen molar-refractivity contribution in [1.29, 1.82) is 0 Å². The van der Waals surface area contributed by atoms with Crippen LogP contribution in [0.2, 0.25) is 0 Å². The number of nitrogens with two attached hydrogens (primary N) is 1. The first-order chi connectivity index (χ1) is 6.98. The Balaban J connectivity index is 2.80. The average molecular weight is 212 g/mol. The zero-order chi connectivity index (χ0) is 11.1. The standard InChI is InChI=1S/C10H7F3N2/c11-10(12,13)8-3-1-2-6-5-15-9(14)4-7(6)8/h1-5H,(H2,14,15). The van der Waals surface area contributed by atoms with Crippen molar-refractivity contribution in [3.8, 4) is 0 Å². The van der Waals surface area contributed by atoms with Crippen LogP contribution in [0.25, 0.3) is 10.8 Å². The molecule has 0 saturated heterocycles. The zero-order valence-corrected chi connectivity index (χ0v) is 7.55. The van der Waals surface area contributed by atoms with Gasteiger partial charge in [0.1, 0.15) is 5.82 Å². The van der Waals surface area contributed by atoms with Crippen molar-refractivity contribution in [2.75, 3.05) is 5.73 Å². The Morgan fingerprint density at radius 1 is 1.20 bits per heavy atom. The van der Waals surface area contributed by atoms with Gasteiger partial charge in [0.15, 0.2) is 0 Å². The summed E-state index contributed by atoms with van der Waals surface area (Å²) in [6.45, 7) is 0. The van der Waals surface area contributed by atoms with Crippen LogP contribution in [-0.4, -0.2) is 4.98 Å². The van der Waals surface area contributed by atoms with Gasteiger partial charge in [-0.15, -0.1) is 0 Å². The Hall–Kier alpha value is -1.78. The fourth-order valence-electron chi connectivity index (χ4n) is 1.43. The van der Waals surface area contributed by atoms with E-state index in [1.165, 1.54) is 18.3 Å². The van der Waals surface area contributed by atoms with Crippen LogP contribution in [0.3, 0.4) is 0 Å². The molecular formula is C10H7F3N2. The summed E-state index contributed by atoms with van der Waals surface area (Å²) in [5.41, 5.74) is 4.67. The van der Waals surface area contributed by atoms with E-state index in [9.17, 15) is 13.2 Å². The zero-order valence-electron chi connectivity index (χ0n) is 7.55. The molecule has 2 N–H and O–H groups in total. The highest BCUT2D eigenvalue weighted by Gasteiger charge is 2.32. The Kier molecular flexibility index (Phi) is 2.03. The molecule has 78 valence electrons. The second-order valence-electron chi connectivity index (χ2n) is 3.13. The van der Waals surface area contributed by atoms with Crippen LogP contribution in [0.1, 0.15) is 5.56 Å². The molecule has 0 unspecified atom stereocenters. The van der Waals surface area contributed by atoms with E-state index in [-0.39, 0.29) is 11.2 Å². The van der Waals surface area contributed by atoms with Crippen LogP contribution in [-0.2, 0) is 6.18 Å². The summed E-state index contributed by atoms with van der Waals surface area (Å²) in [7, 11) is 0. The predicted molar refractivity (Wildman–Crippen MR) is 51.2 cm³/mol. The van der Waals surface area contributed by atoms with Gasteiger partial charge in [-0.05, 0) is 17.5 Å². The van der Waals surface area contributed by atoms with Crippen LogP contribution < -0.4 is 5.73 Å². The lowest BCUT2D eigenvalue weighted by atomic mass is 10.1. The predicted octanol–water partition coefficient (Wildman–Crippen LogP) is 2.84. The molecule has 0 fully saturated rings. The van der Waals surface area contributed by atoms with Crippen LogP contribution in [0.15, 0.2) is 30.5 Å². The lowest BCUT2D eigenvalue weighted by Gasteiger charge is -2.09. The summed E-state index contributed by atoms with van der Waals surface area (Å²) in [6, 6.07) is 5.18. The maximum absolute atomic E-state index is 12.6. The summed E-state index contributed by atoms with van der Waals surface area (Å²) in [6.07, 6.45) is -3.03. The number of fused-ring (bicyclic) bond motifs is 1. The number of hydrogen-bond donors (Lipinski definition) is 1. The quantitative estimate of drug-likeness (QED) is 0.729. The molecular weight excluding hydrogens is 205 g/mol. The minimum absolute atomic E-state index is 0.0810. The Labute approximate surface area is 83.5 Å². The topological polar surface area (TPSA) is 38.9 Å². The van der Waals surface area contributed by atoms with Gasteiger partial charge >= 0.3 is 6.18 Å². The fourth-order valence-corrected chi connectivity index (χ4v) is 1.43. The van der Waals surface area contributed by atoms with Crippen LogP contribution in [0, 0.1) is 0 Å². The second-order valence-corrected chi connectivity index (χ2v) is 3.13. The molecule has 0 amide bonds. The Bertz CT molecular complexity index is 505. The maximum Gasteiger partial charge on any atom is 0.417 e. The molecule has 5 heteroatoms. The van der Waals surface area contributed by atoms with Gasteiger partial charge in [-0.25, -0.2) is 4.98 Å². The monoisotopic (exact) mass is 212 g/mol. The van der Waals surface area contributed by atoms with Gasteiger partial charge in [-0.3, -0.25) is 0 Å². The first-order valence-corrected chi connectivity index (χ1v) is 4.20. The molecule has 1 aromatic heterocycles. The summed E-state index contributed by atoms with van der Waals surface area (Å²) < 4.78 is 37.8. The van der Waals surface area contributed by atoms with E-state index >= 15 is 0 Å².